The minimum absolute atomic E-state index is 0.0690. The van der Waals surface area contributed by atoms with Gasteiger partial charge in [0.25, 0.3) is 0 Å². The molecule has 3 atom stereocenters. The molecule has 0 saturated heterocycles. The first kappa shape index (κ1) is 26.9. The fourth-order valence-corrected chi connectivity index (χ4v) is 4.68. The first-order valence-electron chi connectivity index (χ1n) is 12.6. The van der Waals surface area contributed by atoms with Gasteiger partial charge in [0.05, 0.1) is 12.7 Å². The largest absolute Gasteiger partial charge is 0.480 e. The predicted octanol–water partition coefficient (Wildman–Crippen LogP) is 4.48. The number of hydrogen-bond acceptors (Lipinski definition) is 5. The summed E-state index contributed by atoms with van der Waals surface area (Å²) >= 11 is 0. The zero-order valence-corrected chi connectivity index (χ0v) is 21.4. The van der Waals surface area contributed by atoms with Crippen molar-refractivity contribution in [2.75, 3.05) is 6.61 Å². The lowest BCUT2D eigenvalue weighted by Gasteiger charge is -2.23. The summed E-state index contributed by atoms with van der Waals surface area (Å²) in [5.41, 5.74) is 5.39. The Kier molecular flexibility index (Phi) is 8.76. The number of nitrogens with one attached hydrogen (secondary N) is 2. The number of benzene rings is 3. The van der Waals surface area contributed by atoms with E-state index in [1.807, 2.05) is 66.7 Å². The SMILES string of the molecule is CC(CC(=O)N[C@H](C(=O)O)[C@@H](C)OCc1ccccc1)NC(=O)OCC1c2ccccc2-c2ccccc21. The summed E-state index contributed by atoms with van der Waals surface area (Å²) in [6.45, 7) is 3.64. The Labute approximate surface area is 222 Å². The summed E-state index contributed by atoms with van der Waals surface area (Å²) in [6.07, 6.45) is -1.51. The van der Waals surface area contributed by atoms with Crippen molar-refractivity contribution in [3.8, 4) is 11.1 Å². The van der Waals surface area contributed by atoms with Gasteiger partial charge in [-0.25, -0.2) is 9.59 Å². The number of rotatable bonds is 11. The van der Waals surface area contributed by atoms with E-state index in [-0.39, 0.29) is 25.6 Å². The molecule has 38 heavy (non-hydrogen) atoms. The number of carbonyl (C=O) groups is 3. The van der Waals surface area contributed by atoms with Crippen LogP contribution >= 0.6 is 0 Å². The lowest BCUT2D eigenvalue weighted by molar-refractivity contribution is -0.146. The molecule has 0 bridgehead atoms. The maximum atomic E-state index is 12.5. The Morgan fingerprint density at radius 3 is 2.03 bits per heavy atom. The Morgan fingerprint density at radius 1 is 0.842 bits per heavy atom. The van der Waals surface area contributed by atoms with Crippen molar-refractivity contribution in [1.82, 2.24) is 10.6 Å². The summed E-state index contributed by atoms with van der Waals surface area (Å²) < 4.78 is 11.2. The summed E-state index contributed by atoms with van der Waals surface area (Å²) in [5, 5.41) is 14.8. The molecule has 0 heterocycles. The normalized spacial score (nSPS) is 14.5. The van der Waals surface area contributed by atoms with E-state index in [4.69, 9.17) is 9.47 Å². The van der Waals surface area contributed by atoms with Crippen molar-refractivity contribution in [3.05, 3.63) is 95.6 Å². The van der Waals surface area contributed by atoms with Crippen molar-refractivity contribution in [3.63, 3.8) is 0 Å². The highest BCUT2D eigenvalue weighted by Gasteiger charge is 2.30. The van der Waals surface area contributed by atoms with Crippen LogP contribution in [0.2, 0.25) is 0 Å². The van der Waals surface area contributed by atoms with E-state index < -0.39 is 36.2 Å². The van der Waals surface area contributed by atoms with Gasteiger partial charge in [0.15, 0.2) is 6.04 Å². The molecule has 2 amide bonds. The summed E-state index contributed by atoms with van der Waals surface area (Å²) in [6, 6.07) is 23.7. The van der Waals surface area contributed by atoms with E-state index in [9.17, 15) is 19.5 Å². The molecule has 0 aromatic heterocycles. The molecule has 8 heteroatoms. The number of aliphatic carboxylic acids is 1. The van der Waals surface area contributed by atoms with Gasteiger partial charge < -0.3 is 25.2 Å². The van der Waals surface area contributed by atoms with E-state index in [1.54, 1.807) is 13.8 Å². The van der Waals surface area contributed by atoms with Crippen molar-refractivity contribution < 1.29 is 29.0 Å². The minimum Gasteiger partial charge on any atom is -0.480 e. The molecule has 1 aliphatic carbocycles. The zero-order chi connectivity index (χ0) is 27.1. The maximum Gasteiger partial charge on any atom is 0.407 e. The molecule has 198 valence electrons. The van der Waals surface area contributed by atoms with Gasteiger partial charge in [-0.2, -0.15) is 0 Å². The smallest absolute Gasteiger partial charge is 0.407 e. The average molecular weight is 517 g/mol. The minimum atomic E-state index is -1.23. The van der Waals surface area contributed by atoms with Crippen LogP contribution in [0.5, 0.6) is 0 Å². The molecule has 3 aromatic carbocycles. The molecule has 3 N–H and O–H groups in total. The molecular formula is C30H32N2O6. The van der Waals surface area contributed by atoms with Crippen LogP contribution in [-0.4, -0.2) is 47.9 Å². The van der Waals surface area contributed by atoms with E-state index >= 15 is 0 Å². The Balaban J connectivity index is 1.25. The highest BCUT2D eigenvalue weighted by atomic mass is 16.5. The topological polar surface area (TPSA) is 114 Å². The van der Waals surface area contributed by atoms with Crippen LogP contribution in [0.4, 0.5) is 4.79 Å². The third-order valence-electron chi connectivity index (χ3n) is 6.61. The first-order valence-corrected chi connectivity index (χ1v) is 12.6. The van der Waals surface area contributed by atoms with Crippen LogP contribution in [0.15, 0.2) is 78.9 Å². The molecule has 0 spiro atoms. The number of carboxylic acid groups (broad SMARTS) is 1. The molecule has 0 radical (unpaired) electrons. The summed E-state index contributed by atoms with van der Waals surface area (Å²) in [5.74, 6) is -1.78. The number of carboxylic acids is 1. The van der Waals surface area contributed by atoms with Gasteiger partial charge in [-0.15, -0.1) is 0 Å². The number of amides is 2. The molecule has 1 aliphatic rings. The fraction of sp³-hybridized carbons (Fsp3) is 0.300. The third-order valence-corrected chi connectivity index (χ3v) is 6.61. The lowest BCUT2D eigenvalue weighted by Crippen LogP contribution is -2.50. The summed E-state index contributed by atoms with van der Waals surface area (Å²) in [4.78, 5) is 36.8. The van der Waals surface area contributed by atoms with Crippen LogP contribution in [-0.2, 0) is 25.7 Å². The van der Waals surface area contributed by atoms with E-state index in [2.05, 4.69) is 22.8 Å². The molecule has 0 fully saturated rings. The number of ether oxygens (including phenoxy) is 2. The molecule has 0 saturated carbocycles. The highest BCUT2D eigenvalue weighted by Crippen LogP contribution is 2.44. The lowest BCUT2D eigenvalue weighted by atomic mass is 9.98. The van der Waals surface area contributed by atoms with E-state index in [0.717, 1.165) is 27.8 Å². The molecule has 0 aliphatic heterocycles. The monoisotopic (exact) mass is 516 g/mol. The van der Waals surface area contributed by atoms with Crippen LogP contribution in [0.3, 0.4) is 0 Å². The molecule has 8 nitrogen and oxygen atoms in total. The van der Waals surface area contributed by atoms with Crippen LogP contribution in [0, 0.1) is 0 Å². The first-order chi connectivity index (χ1) is 18.3. The van der Waals surface area contributed by atoms with Gasteiger partial charge in [-0.05, 0) is 41.7 Å². The second-order valence-electron chi connectivity index (χ2n) is 9.46. The van der Waals surface area contributed by atoms with Crippen molar-refractivity contribution in [2.45, 2.75) is 51.0 Å². The van der Waals surface area contributed by atoms with Gasteiger partial charge in [-0.3, -0.25) is 4.79 Å². The molecular weight excluding hydrogens is 484 g/mol. The second kappa shape index (κ2) is 12.4. The van der Waals surface area contributed by atoms with Gasteiger partial charge in [-0.1, -0.05) is 78.9 Å². The van der Waals surface area contributed by atoms with E-state index in [1.165, 1.54) is 0 Å². The number of hydrogen-bond donors (Lipinski definition) is 3. The van der Waals surface area contributed by atoms with Gasteiger partial charge in [0, 0.05) is 18.4 Å². The van der Waals surface area contributed by atoms with Crippen LogP contribution in [0.25, 0.3) is 11.1 Å². The zero-order valence-electron chi connectivity index (χ0n) is 21.4. The van der Waals surface area contributed by atoms with Crippen LogP contribution < -0.4 is 10.6 Å². The van der Waals surface area contributed by atoms with Crippen LogP contribution in [0.1, 0.15) is 42.9 Å². The highest BCUT2D eigenvalue weighted by molar-refractivity contribution is 5.84. The number of fused-ring (bicyclic) bond motifs is 3. The molecule has 1 unspecified atom stereocenters. The predicted molar refractivity (Wildman–Crippen MR) is 143 cm³/mol. The standard InChI is InChI=1S/C30H32N2O6/c1-19(16-27(33)32-28(29(34)35)20(2)37-17-21-10-4-3-5-11-21)31-30(36)38-18-26-24-14-8-6-12-22(24)23-13-7-9-15-25(23)26/h3-15,19-20,26,28H,16-18H2,1-2H3,(H,31,36)(H,32,33)(H,34,35)/t19?,20-,28+/m1/s1. The Morgan fingerprint density at radius 2 is 1.42 bits per heavy atom. The molecule has 4 rings (SSSR count). The molecule has 3 aromatic rings. The van der Waals surface area contributed by atoms with Gasteiger partial charge >= 0.3 is 12.1 Å². The van der Waals surface area contributed by atoms with Crippen molar-refractivity contribution in [1.29, 1.82) is 0 Å². The number of carbonyl (C=O) groups excluding carboxylic acids is 2. The number of alkyl carbamates (subject to hydrolysis) is 1. The van der Waals surface area contributed by atoms with Crippen molar-refractivity contribution >= 4 is 18.0 Å². The maximum absolute atomic E-state index is 12.5. The quantitative estimate of drug-likeness (QED) is 0.346. The van der Waals surface area contributed by atoms with Crippen molar-refractivity contribution in [2.24, 2.45) is 0 Å². The van der Waals surface area contributed by atoms with E-state index in [0.29, 0.717) is 0 Å². The second-order valence-corrected chi connectivity index (χ2v) is 9.46. The Bertz CT molecular complexity index is 1230. The Hall–Kier alpha value is -4.17. The third kappa shape index (κ3) is 6.58. The fourth-order valence-electron chi connectivity index (χ4n) is 4.68. The van der Waals surface area contributed by atoms with Gasteiger partial charge in [0.1, 0.15) is 6.61 Å². The summed E-state index contributed by atoms with van der Waals surface area (Å²) in [7, 11) is 0. The average Bonchev–Trinajstić information content (AvgIpc) is 3.23. The van der Waals surface area contributed by atoms with Gasteiger partial charge in [0.2, 0.25) is 5.91 Å².